The molecule has 0 aliphatic rings. The van der Waals surface area contributed by atoms with Crippen LogP contribution in [0, 0.1) is 18.3 Å². The number of benzene rings is 2. The van der Waals surface area contributed by atoms with E-state index >= 15 is 0 Å². The van der Waals surface area contributed by atoms with Gasteiger partial charge in [-0.25, -0.2) is 8.42 Å². The Hall–Kier alpha value is -3.31. The Kier molecular flexibility index (Phi) is 4.40. The van der Waals surface area contributed by atoms with Gasteiger partial charge < -0.3 is 10.3 Å². The third-order valence-corrected chi connectivity index (χ3v) is 5.40. The van der Waals surface area contributed by atoms with E-state index in [2.05, 4.69) is 15.0 Å². The fourth-order valence-electron chi connectivity index (χ4n) is 2.67. The van der Waals surface area contributed by atoms with Crippen LogP contribution in [0.25, 0.3) is 10.9 Å². The molecule has 0 saturated heterocycles. The van der Waals surface area contributed by atoms with E-state index < -0.39 is 10.0 Å². The highest BCUT2D eigenvalue weighted by atomic mass is 32.2. The molecular formula is C18H16N4O3S. The molecule has 0 radical (unpaired) electrons. The van der Waals surface area contributed by atoms with Crippen molar-refractivity contribution < 1.29 is 13.2 Å². The molecule has 1 amide bonds. The first-order chi connectivity index (χ1) is 12.4. The molecule has 1 aromatic heterocycles. The van der Waals surface area contributed by atoms with Gasteiger partial charge >= 0.3 is 0 Å². The van der Waals surface area contributed by atoms with Crippen molar-refractivity contribution in [2.45, 2.75) is 11.8 Å². The van der Waals surface area contributed by atoms with Crippen LogP contribution in [0.1, 0.15) is 21.6 Å². The van der Waals surface area contributed by atoms with E-state index in [0.717, 1.165) is 0 Å². The average molecular weight is 368 g/mol. The minimum Gasteiger partial charge on any atom is -0.354 e. The fourth-order valence-corrected chi connectivity index (χ4v) is 3.95. The lowest BCUT2D eigenvalue weighted by Gasteiger charge is -2.10. The largest absolute Gasteiger partial charge is 0.354 e. The highest BCUT2D eigenvalue weighted by Gasteiger charge is 2.20. The minimum atomic E-state index is -3.92. The molecule has 2 aromatic carbocycles. The van der Waals surface area contributed by atoms with Gasteiger partial charge in [0.25, 0.3) is 15.9 Å². The molecule has 7 nitrogen and oxygen atoms in total. The van der Waals surface area contributed by atoms with Crippen molar-refractivity contribution in [3.8, 4) is 6.07 Å². The molecule has 0 aliphatic carbocycles. The molecule has 0 spiro atoms. The zero-order valence-corrected chi connectivity index (χ0v) is 14.9. The number of fused-ring (bicyclic) bond motifs is 1. The van der Waals surface area contributed by atoms with Crippen molar-refractivity contribution in [1.82, 2.24) is 10.3 Å². The number of nitrogens with one attached hydrogen (secondary N) is 3. The van der Waals surface area contributed by atoms with Crippen LogP contribution in [-0.2, 0) is 10.0 Å². The summed E-state index contributed by atoms with van der Waals surface area (Å²) in [6.45, 7) is 1.68. The smallest absolute Gasteiger partial charge is 0.267 e. The van der Waals surface area contributed by atoms with E-state index in [1.807, 2.05) is 6.07 Å². The number of aryl methyl sites for hydroxylation is 1. The Balaban J connectivity index is 1.99. The lowest BCUT2D eigenvalue weighted by molar-refractivity contribution is 0.0959. The first-order valence-corrected chi connectivity index (χ1v) is 9.21. The van der Waals surface area contributed by atoms with E-state index in [1.165, 1.54) is 13.1 Å². The lowest BCUT2D eigenvalue weighted by Crippen LogP contribution is -2.17. The molecule has 0 bridgehead atoms. The van der Waals surface area contributed by atoms with Crippen LogP contribution in [0.5, 0.6) is 0 Å². The third kappa shape index (κ3) is 3.12. The molecule has 26 heavy (non-hydrogen) atoms. The number of anilines is 1. The second-order valence-electron chi connectivity index (χ2n) is 5.73. The highest BCUT2D eigenvalue weighted by molar-refractivity contribution is 7.92. The molecule has 0 fully saturated rings. The molecule has 8 heteroatoms. The number of H-pyrrole nitrogens is 1. The van der Waals surface area contributed by atoms with Gasteiger partial charge in [0.1, 0.15) is 16.7 Å². The molecule has 0 aliphatic heterocycles. The van der Waals surface area contributed by atoms with E-state index in [1.54, 1.807) is 43.3 Å². The summed E-state index contributed by atoms with van der Waals surface area (Å²) in [4.78, 5) is 14.6. The van der Waals surface area contributed by atoms with Gasteiger partial charge in [0.2, 0.25) is 0 Å². The second kappa shape index (κ2) is 6.54. The number of carbonyl (C=O) groups excluding carboxylic acids is 1. The van der Waals surface area contributed by atoms with Gasteiger partial charge in [-0.1, -0.05) is 12.1 Å². The summed E-state index contributed by atoms with van der Waals surface area (Å²) in [6, 6.07) is 13.1. The Bertz CT molecular complexity index is 1160. The van der Waals surface area contributed by atoms with E-state index in [9.17, 15) is 18.5 Å². The summed E-state index contributed by atoms with van der Waals surface area (Å²) >= 11 is 0. The Morgan fingerprint density at radius 1 is 1.19 bits per heavy atom. The molecule has 3 rings (SSSR count). The van der Waals surface area contributed by atoms with E-state index in [-0.39, 0.29) is 16.4 Å². The monoisotopic (exact) mass is 368 g/mol. The zero-order valence-electron chi connectivity index (χ0n) is 14.1. The standard InChI is InChI=1S/C18H16N4O3S/c1-11-4-3-5-17(14(11)10-19)26(24,25)22-13-6-7-15-12(8-13)9-16(21-15)18(23)20-2/h3-9,21-22H,1-2H3,(H,20,23). The molecule has 3 aromatic rings. The average Bonchev–Trinajstić information content (AvgIpc) is 3.03. The minimum absolute atomic E-state index is 0.0692. The van der Waals surface area contributed by atoms with Gasteiger partial charge in [-0.15, -0.1) is 0 Å². The van der Waals surface area contributed by atoms with Crippen molar-refractivity contribution in [2.24, 2.45) is 0 Å². The van der Waals surface area contributed by atoms with Crippen LogP contribution >= 0.6 is 0 Å². The highest BCUT2D eigenvalue weighted by Crippen LogP contribution is 2.25. The summed E-state index contributed by atoms with van der Waals surface area (Å²) in [7, 11) is -2.39. The van der Waals surface area contributed by atoms with Crippen LogP contribution in [0.4, 0.5) is 5.69 Å². The van der Waals surface area contributed by atoms with Gasteiger partial charge in [0, 0.05) is 23.6 Å². The second-order valence-corrected chi connectivity index (χ2v) is 7.38. The summed E-state index contributed by atoms with van der Waals surface area (Å²) in [6.07, 6.45) is 0. The zero-order chi connectivity index (χ0) is 18.9. The maximum absolute atomic E-state index is 12.7. The van der Waals surface area contributed by atoms with Crippen molar-refractivity contribution in [3.05, 3.63) is 59.3 Å². The van der Waals surface area contributed by atoms with Crippen molar-refractivity contribution in [3.63, 3.8) is 0 Å². The van der Waals surface area contributed by atoms with Crippen LogP contribution < -0.4 is 10.0 Å². The predicted octanol–water partition coefficient (Wildman–Crippen LogP) is 2.51. The SMILES string of the molecule is CNC(=O)c1cc2cc(NS(=O)(=O)c3cccc(C)c3C#N)ccc2[nH]1. The summed E-state index contributed by atoms with van der Waals surface area (Å²) < 4.78 is 27.9. The lowest BCUT2D eigenvalue weighted by atomic mass is 10.1. The van der Waals surface area contributed by atoms with Crippen LogP contribution in [0.3, 0.4) is 0 Å². The Labute approximate surface area is 150 Å². The number of hydrogen-bond acceptors (Lipinski definition) is 4. The van der Waals surface area contributed by atoms with Gasteiger partial charge in [-0.2, -0.15) is 5.26 Å². The number of amides is 1. The molecule has 3 N–H and O–H groups in total. The third-order valence-electron chi connectivity index (χ3n) is 3.98. The molecule has 0 saturated carbocycles. The molecule has 0 unspecified atom stereocenters. The number of aromatic amines is 1. The topological polar surface area (TPSA) is 115 Å². The number of hydrogen-bond donors (Lipinski definition) is 3. The molecule has 1 heterocycles. The van der Waals surface area contributed by atoms with Crippen molar-refractivity contribution >= 4 is 32.5 Å². The predicted molar refractivity (Wildman–Crippen MR) is 98.4 cm³/mol. The first kappa shape index (κ1) is 17.5. The van der Waals surface area contributed by atoms with Crippen molar-refractivity contribution in [2.75, 3.05) is 11.8 Å². The van der Waals surface area contributed by atoms with Gasteiger partial charge in [-0.3, -0.25) is 9.52 Å². The molecular weight excluding hydrogens is 352 g/mol. The first-order valence-electron chi connectivity index (χ1n) is 7.73. The molecule has 0 atom stereocenters. The van der Waals surface area contributed by atoms with Gasteiger partial charge in [0.05, 0.1) is 5.56 Å². The Morgan fingerprint density at radius 3 is 2.65 bits per heavy atom. The Morgan fingerprint density at radius 2 is 1.96 bits per heavy atom. The normalized spacial score (nSPS) is 11.1. The van der Waals surface area contributed by atoms with E-state index in [4.69, 9.17) is 0 Å². The maximum atomic E-state index is 12.7. The fraction of sp³-hybridized carbons (Fsp3) is 0.111. The van der Waals surface area contributed by atoms with Crippen molar-refractivity contribution in [1.29, 1.82) is 5.26 Å². The summed E-state index contributed by atoms with van der Waals surface area (Å²) in [5.74, 6) is -0.262. The number of aromatic nitrogens is 1. The summed E-state index contributed by atoms with van der Waals surface area (Å²) in [5.41, 5.74) is 2.13. The quantitative estimate of drug-likeness (QED) is 0.656. The summed E-state index contributed by atoms with van der Waals surface area (Å²) in [5, 5.41) is 12.5. The number of carbonyl (C=O) groups is 1. The van der Waals surface area contributed by atoms with Crippen LogP contribution in [0.2, 0.25) is 0 Å². The van der Waals surface area contributed by atoms with E-state index in [0.29, 0.717) is 27.8 Å². The van der Waals surface area contributed by atoms with Crippen LogP contribution in [-0.4, -0.2) is 26.4 Å². The molecule has 132 valence electrons. The number of rotatable bonds is 4. The number of sulfonamides is 1. The number of nitriles is 1. The van der Waals surface area contributed by atoms with Gasteiger partial charge in [-0.05, 0) is 42.8 Å². The van der Waals surface area contributed by atoms with Crippen LogP contribution in [0.15, 0.2) is 47.4 Å². The van der Waals surface area contributed by atoms with Gasteiger partial charge in [0.15, 0.2) is 0 Å². The number of nitrogens with zero attached hydrogens (tertiary/aromatic N) is 1. The maximum Gasteiger partial charge on any atom is 0.267 e.